The summed E-state index contributed by atoms with van der Waals surface area (Å²) in [6, 6.07) is 10.5. The van der Waals surface area contributed by atoms with Crippen molar-refractivity contribution in [3.63, 3.8) is 0 Å². The van der Waals surface area contributed by atoms with E-state index >= 15 is 0 Å². The lowest BCUT2D eigenvalue weighted by atomic mass is 10.1. The number of carbonyl (C=O) groups excluding carboxylic acids is 2. The highest BCUT2D eigenvalue weighted by molar-refractivity contribution is 7.91. The SMILES string of the molecule is CCCC(NC(=O)CCOCCOCCOCCOCCOCCOCCOCCOCCCS(=O)(=O)c1cccc2c(N(C)C)cccc12)C(N)=O. The molecule has 16 heteroatoms. The Kier molecular flexibility index (Phi) is 24.9. The van der Waals surface area contributed by atoms with Crippen LogP contribution in [0, 0.1) is 0 Å². The van der Waals surface area contributed by atoms with Crippen LogP contribution in [-0.4, -0.2) is 152 Å². The van der Waals surface area contributed by atoms with Gasteiger partial charge in [0.1, 0.15) is 6.04 Å². The maximum absolute atomic E-state index is 13.1. The number of amides is 2. The average Bonchev–Trinajstić information content (AvgIpc) is 3.13. The number of nitrogens with two attached hydrogens (primary N) is 1. The molecule has 2 rings (SSSR count). The van der Waals surface area contributed by atoms with Gasteiger partial charge in [-0.2, -0.15) is 0 Å². The van der Waals surface area contributed by atoms with Crippen molar-refractivity contribution >= 4 is 38.1 Å². The van der Waals surface area contributed by atoms with Gasteiger partial charge in [-0.1, -0.05) is 37.6 Å². The molecule has 2 aromatic carbocycles. The van der Waals surface area contributed by atoms with Crippen LogP contribution in [0.25, 0.3) is 10.8 Å². The number of hydrogen-bond acceptors (Lipinski definition) is 13. The molecule has 1 unspecified atom stereocenters. The van der Waals surface area contributed by atoms with Crippen LogP contribution in [0.3, 0.4) is 0 Å². The van der Waals surface area contributed by atoms with E-state index in [-0.39, 0.29) is 24.7 Å². The number of carbonyl (C=O) groups is 2. The van der Waals surface area contributed by atoms with Gasteiger partial charge in [0.05, 0.1) is 110 Å². The molecule has 53 heavy (non-hydrogen) atoms. The van der Waals surface area contributed by atoms with Crippen molar-refractivity contribution in [1.29, 1.82) is 0 Å². The number of hydrogen-bond donors (Lipinski definition) is 2. The molecule has 0 aliphatic carbocycles. The maximum Gasteiger partial charge on any atom is 0.239 e. The molecule has 0 saturated carbocycles. The van der Waals surface area contributed by atoms with E-state index in [9.17, 15) is 18.0 Å². The number of rotatable bonds is 34. The molecule has 0 heterocycles. The Bertz CT molecular complexity index is 1400. The van der Waals surface area contributed by atoms with Crippen LogP contribution in [0.5, 0.6) is 0 Å². The normalized spacial score (nSPS) is 12.3. The third-order valence-corrected chi connectivity index (χ3v) is 9.56. The van der Waals surface area contributed by atoms with Crippen LogP contribution < -0.4 is 16.0 Å². The topological polar surface area (TPSA) is 183 Å². The summed E-state index contributed by atoms with van der Waals surface area (Å²) in [5, 5.41) is 4.26. The van der Waals surface area contributed by atoms with E-state index in [1.807, 2.05) is 50.2 Å². The molecule has 0 aromatic heterocycles. The minimum atomic E-state index is -3.45. The highest BCUT2D eigenvalue weighted by Gasteiger charge is 2.19. The molecule has 2 amide bonds. The van der Waals surface area contributed by atoms with Gasteiger partial charge in [0.15, 0.2) is 9.84 Å². The highest BCUT2D eigenvalue weighted by Crippen LogP contribution is 2.30. The maximum atomic E-state index is 13.1. The lowest BCUT2D eigenvalue weighted by Crippen LogP contribution is -2.44. The predicted octanol–water partition coefficient (Wildman–Crippen LogP) is 2.36. The Morgan fingerprint density at radius 3 is 1.55 bits per heavy atom. The van der Waals surface area contributed by atoms with E-state index in [1.165, 1.54) is 0 Å². The van der Waals surface area contributed by atoms with E-state index in [0.717, 1.165) is 22.9 Å². The first kappa shape index (κ1) is 46.2. The monoisotopic (exact) mass is 771 g/mol. The zero-order valence-electron chi connectivity index (χ0n) is 31.7. The standard InChI is InChI=1S/C37H61N3O12S/c1-4-8-33(37(38)42)39-36(41)13-15-46-17-19-48-21-23-50-25-27-52-29-28-51-26-24-49-22-20-47-18-16-45-14-7-30-53(43,44)35-12-6-9-31-32(35)10-5-11-34(31)40(2)3/h5-6,9-12,33H,4,7-8,13-30H2,1-3H3,(H2,38,42)(H,39,41). The van der Waals surface area contributed by atoms with Gasteiger partial charge < -0.3 is 53.8 Å². The van der Waals surface area contributed by atoms with Crippen LogP contribution in [0.15, 0.2) is 41.3 Å². The molecule has 0 bridgehead atoms. The fourth-order valence-electron chi connectivity index (χ4n) is 5.03. The minimum Gasteiger partial charge on any atom is -0.379 e. The third-order valence-electron chi connectivity index (χ3n) is 7.71. The van der Waals surface area contributed by atoms with Gasteiger partial charge in [-0.25, -0.2) is 8.42 Å². The molecule has 0 radical (unpaired) electrons. The lowest BCUT2D eigenvalue weighted by Gasteiger charge is -2.17. The Labute approximate surface area is 314 Å². The first-order valence-corrected chi connectivity index (χ1v) is 19.9. The first-order valence-electron chi connectivity index (χ1n) is 18.3. The molecule has 2 aromatic rings. The van der Waals surface area contributed by atoms with Gasteiger partial charge in [-0.3, -0.25) is 9.59 Å². The van der Waals surface area contributed by atoms with Crippen LogP contribution in [0.4, 0.5) is 5.69 Å². The van der Waals surface area contributed by atoms with E-state index < -0.39 is 21.8 Å². The largest absolute Gasteiger partial charge is 0.379 e. The van der Waals surface area contributed by atoms with Gasteiger partial charge in [0.2, 0.25) is 11.8 Å². The van der Waals surface area contributed by atoms with Crippen molar-refractivity contribution in [3.8, 4) is 0 Å². The molecule has 0 spiro atoms. The summed E-state index contributed by atoms with van der Waals surface area (Å²) in [7, 11) is 0.430. The lowest BCUT2D eigenvalue weighted by molar-refractivity contribution is -0.128. The summed E-state index contributed by atoms with van der Waals surface area (Å²) in [6.07, 6.45) is 1.82. The molecular weight excluding hydrogens is 710 g/mol. The number of benzene rings is 2. The van der Waals surface area contributed by atoms with E-state index in [2.05, 4.69) is 5.32 Å². The van der Waals surface area contributed by atoms with Crippen molar-refractivity contribution < 1.29 is 55.9 Å². The van der Waals surface area contributed by atoms with Gasteiger partial charge in [0, 0.05) is 43.6 Å². The number of nitrogens with one attached hydrogen (secondary N) is 1. The van der Waals surface area contributed by atoms with Gasteiger partial charge in [0.25, 0.3) is 0 Å². The molecule has 0 aliphatic heterocycles. The van der Waals surface area contributed by atoms with Crippen LogP contribution >= 0.6 is 0 Å². The number of fused-ring (bicyclic) bond motifs is 1. The average molecular weight is 772 g/mol. The van der Waals surface area contributed by atoms with Gasteiger partial charge in [-0.15, -0.1) is 0 Å². The molecule has 0 fully saturated rings. The van der Waals surface area contributed by atoms with Crippen molar-refractivity contribution in [2.45, 2.75) is 43.5 Å². The van der Waals surface area contributed by atoms with E-state index in [0.29, 0.717) is 117 Å². The fourth-order valence-corrected chi connectivity index (χ4v) is 6.55. The van der Waals surface area contributed by atoms with Crippen molar-refractivity contribution in [1.82, 2.24) is 5.32 Å². The van der Waals surface area contributed by atoms with Crippen molar-refractivity contribution in [3.05, 3.63) is 36.4 Å². The highest BCUT2D eigenvalue weighted by atomic mass is 32.2. The zero-order valence-corrected chi connectivity index (χ0v) is 32.5. The quantitative estimate of drug-likeness (QED) is 0.0991. The predicted molar refractivity (Wildman–Crippen MR) is 202 cm³/mol. The summed E-state index contributed by atoms with van der Waals surface area (Å²) in [5.74, 6) is -0.786. The summed E-state index contributed by atoms with van der Waals surface area (Å²) in [4.78, 5) is 25.5. The fraction of sp³-hybridized carbons (Fsp3) is 0.676. The summed E-state index contributed by atoms with van der Waals surface area (Å²) in [5.41, 5.74) is 6.26. The number of sulfone groups is 1. The number of anilines is 1. The Hall–Kier alpha value is -2.93. The Balaban J connectivity index is 1.30. The van der Waals surface area contributed by atoms with E-state index in [1.54, 1.807) is 12.1 Å². The Morgan fingerprint density at radius 2 is 1.09 bits per heavy atom. The van der Waals surface area contributed by atoms with Gasteiger partial charge >= 0.3 is 0 Å². The number of ether oxygens (including phenoxy) is 8. The first-order chi connectivity index (χ1) is 25.7. The second-order valence-corrected chi connectivity index (χ2v) is 14.2. The van der Waals surface area contributed by atoms with Crippen molar-refractivity contribution in [2.75, 3.05) is 130 Å². The summed E-state index contributed by atoms with van der Waals surface area (Å²) in [6.45, 7) is 8.40. The Morgan fingerprint density at radius 1 is 0.660 bits per heavy atom. The van der Waals surface area contributed by atoms with E-state index in [4.69, 9.17) is 43.6 Å². The smallest absolute Gasteiger partial charge is 0.239 e. The van der Waals surface area contributed by atoms with Crippen LogP contribution in [0.2, 0.25) is 0 Å². The van der Waals surface area contributed by atoms with Crippen LogP contribution in [-0.2, 0) is 57.3 Å². The molecule has 302 valence electrons. The molecule has 0 saturated heterocycles. The minimum absolute atomic E-state index is 0.0138. The van der Waals surface area contributed by atoms with Crippen molar-refractivity contribution in [2.24, 2.45) is 5.73 Å². The molecule has 15 nitrogen and oxygen atoms in total. The third kappa shape index (κ3) is 20.4. The molecule has 0 aliphatic rings. The second kappa shape index (κ2) is 28.5. The zero-order chi connectivity index (χ0) is 38.6. The molecule has 3 N–H and O–H groups in total. The summed E-state index contributed by atoms with van der Waals surface area (Å²) < 4.78 is 69.9. The number of nitrogens with zero attached hydrogens (tertiary/aromatic N) is 1. The summed E-state index contributed by atoms with van der Waals surface area (Å²) >= 11 is 0. The molecular formula is C37H61N3O12S. The van der Waals surface area contributed by atoms with Crippen LogP contribution in [0.1, 0.15) is 32.6 Å². The number of primary amides is 1. The second-order valence-electron chi connectivity index (χ2n) is 12.2. The molecule has 1 atom stereocenters. The van der Waals surface area contributed by atoms with Gasteiger partial charge in [-0.05, 0) is 25.0 Å².